The fourth-order valence-corrected chi connectivity index (χ4v) is 5.45. The molecule has 1 atom stereocenters. The number of fused-ring (bicyclic) bond motifs is 3. The van der Waals surface area contributed by atoms with Gasteiger partial charge in [0.25, 0.3) is 0 Å². The van der Waals surface area contributed by atoms with E-state index in [1.807, 2.05) is 91.9 Å². The molecule has 0 N–H and O–H groups in total. The van der Waals surface area contributed by atoms with Gasteiger partial charge in [-0.1, -0.05) is 62.4 Å². The Hall–Kier alpha value is -4.24. The molecule has 45 heavy (non-hydrogen) atoms. The molecular formula is C36H33N2NaO6. The number of carbonyl (C=O) groups excluding carboxylic acids is 1. The van der Waals surface area contributed by atoms with Crippen LogP contribution in [0, 0.1) is 12.8 Å². The first-order chi connectivity index (χ1) is 21.3. The number of aliphatic carboxylic acids is 1. The van der Waals surface area contributed by atoms with Gasteiger partial charge in [0.1, 0.15) is 29.9 Å². The van der Waals surface area contributed by atoms with Gasteiger partial charge in [0.05, 0.1) is 18.6 Å². The number of aromatic nitrogens is 2. The molecule has 8 nitrogen and oxygen atoms in total. The van der Waals surface area contributed by atoms with E-state index in [0.717, 1.165) is 38.6 Å². The van der Waals surface area contributed by atoms with Crippen molar-refractivity contribution in [1.29, 1.82) is 0 Å². The number of aryl methyl sites for hydroxylation is 1. The molecule has 9 heteroatoms. The van der Waals surface area contributed by atoms with E-state index >= 15 is 0 Å². The number of benzene rings is 4. The third-order valence-electron chi connectivity index (χ3n) is 7.70. The number of rotatable bonds is 11. The van der Waals surface area contributed by atoms with Crippen LogP contribution in [0.2, 0.25) is 0 Å². The molecular weight excluding hydrogens is 579 g/mol. The van der Waals surface area contributed by atoms with Crippen molar-refractivity contribution in [3.63, 3.8) is 0 Å². The van der Waals surface area contributed by atoms with Crippen molar-refractivity contribution < 1.29 is 58.1 Å². The Morgan fingerprint density at radius 2 is 1.64 bits per heavy atom. The summed E-state index contributed by atoms with van der Waals surface area (Å²) in [4.78, 5) is 16.4. The summed E-state index contributed by atoms with van der Waals surface area (Å²) in [5, 5.41) is 13.6. The van der Waals surface area contributed by atoms with Gasteiger partial charge < -0.3 is 33.1 Å². The minimum absolute atomic E-state index is 0. The van der Waals surface area contributed by atoms with Crippen molar-refractivity contribution in [2.24, 2.45) is 5.92 Å². The van der Waals surface area contributed by atoms with Gasteiger partial charge in [0, 0.05) is 28.4 Å². The number of hydrogen-bond acceptors (Lipinski definition) is 7. The number of oxazole rings is 1. The number of methoxy groups -OCH3 is 1. The summed E-state index contributed by atoms with van der Waals surface area (Å²) in [6, 6.07) is 29.4. The molecule has 0 aliphatic rings. The van der Waals surface area contributed by atoms with Crippen LogP contribution in [0.1, 0.15) is 30.9 Å². The van der Waals surface area contributed by atoms with E-state index < -0.39 is 12.1 Å². The normalized spacial score (nSPS) is 11.8. The van der Waals surface area contributed by atoms with E-state index in [0.29, 0.717) is 35.4 Å². The number of ether oxygens (including phenoxy) is 3. The van der Waals surface area contributed by atoms with Gasteiger partial charge in [-0.05, 0) is 60.9 Å². The molecule has 2 heterocycles. The van der Waals surface area contributed by atoms with Crippen LogP contribution in [0.4, 0.5) is 0 Å². The first-order valence-corrected chi connectivity index (χ1v) is 14.5. The third-order valence-corrected chi connectivity index (χ3v) is 7.70. The maximum absolute atomic E-state index is 11.8. The van der Waals surface area contributed by atoms with Crippen LogP contribution in [-0.2, 0) is 17.9 Å². The smallest absolute Gasteiger partial charge is 0.546 e. The number of carboxylic acids is 1. The summed E-state index contributed by atoms with van der Waals surface area (Å²) in [6.07, 6.45) is -1.06. The quantitative estimate of drug-likeness (QED) is 0.207. The Morgan fingerprint density at radius 3 is 2.38 bits per heavy atom. The van der Waals surface area contributed by atoms with Gasteiger partial charge in [0.15, 0.2) is 11.5 Å². The van der Waals surface area contributed by atoms with Crippen LogP contribution in [0.5, 0.6) is 17.2 Å². The fourth-order valence-electron chi connectivity index (χ4n) is 5.45. The van der Waals surface area contributed by atoms with E-state index in [1.54, 1.807) is 21.0 Å². The second-order valence-corrected chi connectivity index (χ2v) is 11.0. The Bertz CT molecular complexity index is 1950. The minimum Gasteiger partial charge on any atom is -0.546 e. The Kier molecular flexibility index (Phi) is 9.87. The van der Waals surface area contributed by atoms with Gasteiger partial charge in [-0.2, -0.15) is 0 Å². The molecule has 4 aromatic carbocycles. The topological polar surface area (TPSA) is 98.8 Å². The number of para-hydroxylation sites is 1. The molecule has 0 saturated carbocycles. The van der Waals surface area contributed by atoms with Crippen LogP contribution < -0.4 is 48.9 Å². The molecule has 0 unspecified atom stereocenters. The van der Waals surface area contributed by atoms with Crippen molar-refractivity contribution in [2.75, 3.05) is 7.11 Å². The number of carbonyl (C=O) groups is 1. The molecule has 0 bridgehead atoms. The standard InChI is InChI=1S/C36H34N2O6.Na/c1-22(2)34(36(39)40)44-31-16-10-15-29-33(31)26-13-8-9-14-28(26)38(29)20-24-17-18-30(32(19-24)41-4)42-21-27-23(3)43-35(37-27)25-11-6-5-7-12-25;/h5-19,22,34H,20-21H2,1-4H3,(H,39,40);/q;+1/p-1/t34-;/m1./s1. The molecule has 6 rings (SSSR count). The number of carboxylic acid groups (broad SMARTS) is 1. The average Bonchev–Trinajstić information content (AvgIpc) is 3.57. The molecule has 0 radical (unpaired) electrons. The zero-order valence-corrected chi connectivity index (χ0v) is 28.1. The zero-order chi connectivity index (χ0) is 30.8. The van der Waals surface area contributed by atoms with Crippen molar-refractivity contribution in [3.8, 4) is 28.7 Å². The Balaban J connectivity index is 0.00000400. The van der Waals surface area contributed by atoms with E-state index in [9.17, 15) is 9.90 Å². The maximum atomic E-state index is 11.8. The van der Waals surface area contributed by atoms with E-state index in [-0.39, 0.29) is 42.1 Å². The summed E-state index contributed by atoms with van der Waals surface area (Å²) >= 11 is 0. The molecule has 6 aromatic rings. The van der Waals surface area contributed by atoms with Crippen LogP contribution in [0.25, 0.3) is 33.3 Å². The molecule has 0 spiro atoms. The van der Waals surface area contributed by atoms with Crippen LogP contribution >= 0.6 is 0 Å². The number of hydrogen-bond donors (Lipinski definition) is 0. The molecule has 0 amide bonds. The van der Waals surface area contributed by atoms with Gasteiger partial charge >= 0.3 is 29.6 Å². The molecule has 2 aromatic heterocycles. The SMILES string of the molecule is COc1cc(Cn2c3ccccc3c3c(O[C@@H](C(=O)[O-])C(C)C)cccc32)ccc1OCc1nc(-c2ccccc2)oc1C.[Na+]. The third kappa shape index (κ3) is 6.59. The Morgan fingerprint density at radius 1 is 0.911 bits per heavy atom. The predicted molar refractivity (Wildman–Crippen MR) is 167 cm³/mol. The monoisotopic (exact) mass is 612 g/mol. The first-order valence-electron chi connectivity index (χ1n) is 14.5. The number of nitrogens with zero attached hydrogens (tertiary/aromatic N) is 2. The summed E-state index contributed by atoms with van der Waals surface area (Å²) in [5.41, 5.74) is 4.56. The predicted octanol–water partition coefficient (Wildman–Crippen LogP) is 3.55. The Labute approximate surface area is 283 Å². The first kappa shape index (κ1) is 32.2. The van der Waals surface area contributed by atoms with Crippen LogP contribution in [0.15, 0.2) is 95.4 Å². The fraction of sp³-hybridized carbons (Fsp3) is 0.222. The average molecular weight is 613 g/mol. The molecule has 224 valence electrons. The zero-order valence-electron chi connectivity index (χ0n) is 26.1. The summed E-state index contributed by atoms with van der Waals surface area (Å²) in [5.74, 6) is 1.49. The van der Waals surface area contributed by atoms with Gasteiger partial charge in [-0.3, -0.25) is 0 Å². The summed E-state index contributed by atoms with van der Waals surface area (Å²) in [6.45, 7) is 6.26. The maximum Gasteiger partial charge on any atom is 1.00 e. The van der Waals surface area contributed by atoms with Crippen molar-refractivity contribution in [3.05, 3.63) is 108 Å². The minimum atomic E-state index is -1.23. The molecule has 0 fully saturated rings. The van der Waals surface area contributed by atoms with E-state index in [1.165, 1.54) is 0 Å². The van der Waals surface area contributed by atoms with Crippen LogP contribution in [-0.4, -0.2) is 28.7 Å². The molecule has 0 aliphatic carbocycles. The van der Waals surface area contributed by atoms with E-state index in [4.69, 9.17) is 18.6 Å². The van der Waals surface area contributed by atoms with Crippen LogP contribution in [0.3, 0.4) is 0 Å². The summed E-state index contributed by atoms with van der Waals surface area (Å²) < 4.78 is 26.0. The second-order valence-electron chi connectivity index (χ2n) is 11.0. The van der Waals surface area contributed by atoms with Crippen molar-refractivity contribution >= 4 is 27.8 Å². The second kappa shape index (κ2) is 13.8. The van der Waals surface area contributed by atoms with E-state index in [2.05, 4.69) is 15.6 Å². The van der Waals surface area contributed by atoms with Gasteiger partial charge in [0.2, 0.25) is 5.89 Å². The largest absolute Gasteiger partial charge is 1.00 e. The van der Waals surface area contributed by atoms with Crippen molar-refractivity contribution in [2.45, 2.75) is 40.0 Å². The van der Waals surface area contributed by atoms with Gasteiger partial charge in [-0.25, -0.2) is 4.98 Å². The summed E-state index contributed by atoms with van der Waals surface area (Å²) in [7, 11) is 1.62. The molecule has 0 saturated heterocycles. The van der Waals surface area contributed by atoms with Crippen molar-refractivity contribution in [1.82, 2.24) is 9.55 Å². The molecule has 0 aliphatic heterocycles. The van der Waals surface area contributed by atoms with Gasteiger partial charge in [-0.15, -0.1) is 0 Å².